The molecule has 0 saturated carbocycles. The van der Waals surface area contributed by atoms with Crippen molar-refractivity contribution in [1.82, 2.24) is 0 Å². The monoisotopic (exact) mass is 272 g/mol. The van der Waals surface area contributed by atoms with Crippen LogP contribution < -0.4 is 4.74 Å². The molecule has 0 fully saturated rings. The van der Waals surface area contributed by atoms with Crippen molar-refractivity contribution < 1.29 is 14.3 Å². The van der Waals surface area contributed by atoms with E-state index in [9.17, 15) is 9.59 Å². The maximum atomic E-state index is 12.4. The van der Waals surface area contributed by atoms with Crippen LogP contribution in [0.2, 0.25) is 0 Å². The quantitative estimate of drug-likeness (QED) is 0.796. The lowest BCUT2D eigenvalue weighted by molar-refractivity contribution is 0.0979. The maximum absolute atomic E-state index is 12.4. The van der Waals surface area contributed by atoms with Gasteiger partial charge in [0, 0.05) is 21.2 Å². The molecule has 0 aliphatic heterocycles. The molecule has 1 aromatic heterocycles. The molecular formula is C15H12O3S. The third-order valence-electron chi connectivity index (χ3n) is 3.57. The van der Waals surface area contributed by atoms with Gasteiger partial charge in [-0.25, -0.2) is 0 Å². The van der Waals surface area contributed by atoms with Gasteiger partial charge in [-0.3, -0.25) is 9.59 Å². The molecule has 1 aromatic carbocycles. The van der Waals surface area contributed by atoms with Crippen molar-refractivity contribution in [1.29, 1.82) is 0 Å². The molecule has 2 aromatic rings. The van der Waals surface area contributed by atoms with Crippen molar-refractivity contribution in [3.05, 3.63) is 39.8 Å². The average molecular weight is 272 g/mol. The highest BCUT2D eigenvalue weighted by atomic mass is 32.1. The number of methoxy groups -OCH3 is 1. The van der Waals surface area contributed by atoms with Gasteiger partial charge in [-0.05, 0) is 32.0 Å². The molecule has 96 valence electrons. The van der Waals surface area contributed by atoms with Gasteiger partial charge in [0.2, 0.25) is 0 Å². The molecule has 1 heterocycles. The van der Waals surface area contributed by atoms with Gasteiger partial charge in [0.15, 0.2) is 11.6 Å². The Labute approximate surface area is 114 Å². The molecule has 3 nitrogen and oxygen atoms in total. The van der Waals surface area contributed by atoms with E-state index < -0.39 is 0 Å². The Balaban J connectivity index is 2.37. The Bertz CT molecular complexity index is 765. The van der Waals surface area contributed by atoms with Crippen LogP contribution in [-0.2, 0) is 0 Å². The topological polar surface area (TPSA) is 43.4 Å². The molecule has 3 rings (SSSR count). The first-order valence-corrected chi connectivity index (χ1v) is 6.73. The second kappa shape index (κ2) is 4.03. The summed E-state index contributed by atoms with van der Waals surface area (Å²) in [7, 11) is 1.59. The molecule has 4 heteroatoms. The van der Waals surface area contributed by atoms with E-state index in [1.165, 1.54) is 11.3 Å². The van der Waals surface area contributed by atoms with E-state index in [0.717, 1.165) is 10.1 Å². The highest BCUT2D eigenvalue weighted by Gasteiger charge is 2.31. The second-order valence-electron chi connectivity index (χ2n) is 4.58. The van der Waals surface area contributed by atoms with Gasteiger partial charge in [-0.15, -0.1) is 11.3 Å². The summed E-state index contributed by atoms with van der Waals surface area (Å²) in [6, 6.07) is 5.55. The fourth-order valence-electron chi connectivity index (χ4n) is 2.29. The highest BCUT2D eigenvalue weighted by molar-refractivity contribution is 7.21. The molecular weight excluding hydrogens is 260 g/mol. The first-order valence-electron chi connectivity index (χ1n) is 5.92. The molecule has 0 saturated heterocycles. The van der Waals surface area contributed by atoms with Gasteiger partial charge in [0.1, 0.15) is 5.75 Å². The number of thiophene rings is 1. The minimum atomic E-state index is -0.0494. The number of fused-ring (bicyclic) bond motifs is 3. The predicted octanol–water partition coefficient (Wildman–Crippen LogP) is 3.63. The molecule has 19 heavy (non-hydrogen) atoms. The van der Waals surface area contributed by atoms with Crippen molar-refractivity contribution in [3.8, 4) is 5.75 Å². The van der Waals surface area contributed by atoms with Crippen molar-refractivity contribution >= 4 is 33.0 Å². The molecule has 1 aliphatic carbocycles. The van der Waals surface area contributed by atoms with Crippen molar-refractivity contribution in [3.63, 3.8) is 0 Å². The van der Waals surface area contributed by atoms with Crippen molar-refractivity contribution in [2.45, 2.75) is 13.8 Å². The summed E-state index contributed by atoms with van der Waals surface area (Å²) in [5, 5.41) is 0.810. The van der Waals surface area contributed by atoms with E-state index in [2.05, 4.69) is 0 Å². The van der Waals surface area contributed by atoms with Crippen molar-refractivity contribution in [2.75, 3.05) is 7.11 Å². The fourth-order valence-corrected chi connectivity index (χ4v) is 3.46. The fraction of sp³-hybridized carbons (Fsp3) is 0.200. The third kappa shape index (κ3) is 1.56. The summed E-state index contributed by atoms with van der Waals surface area (Å²) in [6.45, 7) is 3.42. The number of rotatable bonds is 1. The predicted molar refractivity (Wildman–Crippen MR) is 75.4 cm³/mol. The number of ketones is 2. The Hall–Kier alpha value is -1.94. The Morgan fingerprint density at radius 2 is 1.74 bits per heavy atom. The second-order valence-corrected chi connectivity index (χ2v) is 5.63. The van der Waals surface area contributed by atoms with E-state index in [1.54, 1.807) is 21.0 Å². The number of hydrogen-bond acceptors (Lipinski definition) is 4. The summed E-state index contributed by atoms with van der Waals surface area (Å²) in [6.07, 6.45) is 0. The van der Waals surface area contributed by atoms with Crippen LogP contribution in [0.3, 0.4) is 0 Å². The van der Waals surface area contributed by atoms with Gasteiger partial charge < -0.3 is 4.74 Å². The first-order chi connectivity index (χ1) is 9.04. The number of Topliss-reactive ketones (excluding diaryl/α,β-unsaturated/α-hetero) is 2. The number of carbonyl (C=O) groups excluding carboxylic acids is 2. The minimum Gasteiger partial charge on any atom is -0.497 e. The summed E-state index contributed by atoms with van der Waals surface area (Å²) < 4.78 is 6.13. The van der Waals surface area contributed by atoms with Crippen molar-refractivity contribution in [2.24, 2.45) is 0 Å². The van der Waals surface area contributed by atoms with Crippen LogP contribution in [0.25, 0.3) is 10.1 Å². The molecule has 1 aliphatic rings. The first kappa shape index (κ1) is 12.1. The molecule has 0 unspecified atom stereocenters. The van der Waals surface area contributed by atoms with Gasteiger partial charge in [-0.2, -0.15) is 0 Å². The molecule has 0 bridgehead atoms. The van der Waals surface area contributed by atoms with Crippen LogP contribution in [0.4, 0.5) is 0 Å². The molecule has 0 amide bonds. The number of ether oxygens (including phenoxy) is 1. The molecule has 0 N–H and O–H groups in total. The van der Waals surface area contributed by atoms with Gasteiger partial charge in [0.05, 0.1) is 17.6 Å². The smallest absolute Gasteiger partial charge is 0.199 e. The summed E-state index contributed by atoms with van der Waals surface area (Å²) in [5.41, 5.74) is 1.63. The number of hydrogen-bond donors (Lipinski definition) is 0. The number of carbonyl (C=O) groups is 2. The number of allylic oxidation sites excluding steroid dienone is 2. The Morgan fingerprint density at radius 3 is 2.42 bits per heavy atom. The van der Waals surface area contributed by atoms with Crippen LogP contribution in [0.15, 0.2) is 29.3 Å². The molecule has 0 atom stereocenters. The van der Waals surface area contributed by atoms with E-state index in [0.29, 0.717) is 27.3 Å². The maximum Gasteiger partial charge on any atom is 0.199 e. The lowest BCUT2D eigenvalue weighted by atomic mass is 9.89. The lowest BCUT2D eigenvalue weighted by Crippen LogP contribution is -2.17. The SMILES string of the molecule is COc1ccc2sc3c(c2c1)C(=O)C(C)=C(C)C3=O. The number of benzene rings is 1. The van der Waals surface area contributed by atoms with Gasteiger partial charge in [-0.1, -0.05) is 0 Å². The summed E-state index contributed by atoms with van der Waals surface area (Å²) in [4.78, 5) is 25.2. The zero-order valence-corrected chi connectivity index (χ0v) is 11.7. The lowest BCUT2D eigenvalue weighted by Gasteiger charge is -2.13. The summed E-state index contributed by atoms with van der Waals surface area (Å²) in [5.74, 6) is 0.608. The van der Waals surface area contributed by atoms with Crippen LogP contribution in [-0.4, -0.2) is 18.7 Å². The van der Waals surface area contributed by atoms with Crippen LogP contribution in [0.5, 0.6) is 5.75 Å². The van der Waals surface area contributed by atoms with E-state index in [-0.39, 0.29) is 11.6 Å². The zero-order chi connectivity index (χ0) is 13.7. The minimum absolute atomic E-state index is 0.0349. The Morgan fingerprint density at radius 1 is 1.05 bits per heavy atom. The van der Waals surface area contributed by atoms with E-state index in [4.69, 9.17) is 4.74 Å². The standard InChI is InChI=1S/C15H12O3S/c1-7-8(2)14(17)15-12(13(7)16)10-6-9(18-3)4-5-11(10)19-15/h4-6H,1-3H3. The van der Waals surface area contributed by atoms with Crippen LogP contribution in [0.1, 0.15) is 33.9 Å². The van der Waals surface area contributed by atoms with Gasteiger partial charge >= 0.3 is 0 Å². The zero-order valence-electron chi connectivity index (χ0n) is 10.9. The highest BCUT2D eigenvalue weighted by Crippen LogP contribution is 2.39. The third-order valence-corrected chi connectivity index (χ3v) is 4.74. The van der Waals surface area contributed by atoms with Crippen LogP contribution in [0, 0.1) is 0 Å². The molecule has 0 radical (unpaired) electrons. The Kier molecular flexibility index (Phi) is 2.57. The largest absolute Gasteiger partial charge is 0.497 e. The molecule has 0 spiro atoms. The summed E-state index contributed by atoms with van der Waals surface area (Å²) >= 11 is 1.38. The van der Waals surface area contributed by atoms with Crippen LogP contribution >= 0.6 is 11.3 Å². The average Bonchev–Trinajstić information content (AvgIpc) is 2.81. The normalized spacial score (nSPS) is 15.1. The van der Waals surface area contributed by atoms with E-state index in [1.807, 2.05) is 18.2 Å². The van der Waals surface area contributed by atoms with Gasteiger partial charge in [0.25, 0.3) is 0 Å². The van der Waals surface area contributed by atoms with E-state index >= 15 is 0 Å².